The highest BCUT2D eigenvalue weighted by atomic mass is 14.9. The van der Waals surface area contributed by atoms with E-state index in [9.17, 15) is 0 Å². The second-order valence-corrected chi connectivity index (χ2v) is 4.71. The van der Waals surface area contributed by atoms with Gasteiger partial charge in [0.25, 0.3) is 0 Å². The van der Waals surface area contributed by atoms with E-state index in [1.807, 2.05) is 12.4 Å². The Balaban J connectivity index is 2.66. The van der Waals surface area contributed by atoms with Crippen molar-refractivity contribution in [2.24, 2.45) is 5.92 Å². The van der Waals surface area contributed by atoms with Crippen LogP contribution in [-0.4, -0.2) is 11.5 Å². The number of nitrogens with zero attached hydrogens (tertiary/aromatic N) is 1. The Hall–Kier alpha value is -0.890. The predicted molar refractivity (Wildman–Crippen MR) is 74.0 cm³/mol. The molecule has 96 valence electrons. The van der Waals surface area contributed by atoms with E-state index < -0.39 is 0 Å². The summed E-state index contributed by atoms with van der Waals surface area (Å²) in [4.78, 5) is 4.10. The maximum absolute atomic E-state index is 4.10. The Morgan fingerprint density at radius 1 is 1.12 bits per heavy atom. The largest absolute Gasteiger partial charge is 0.310 e. The van der Waals surface area contributed by atoms with Crippen LogP contribution in [0.4, 0.5) is 0 Å². The maximum atomic E-state index is 4.10. The lowest BCUT2D eigenvalue weighted by atomic mass is 9.91. The van der Waals surface area contributed by atoms with Crippen molar-refractivity contribution in [3.63, 3.8) is 0 Å². The van der Waals surface area contributed by atoms with Crippen LogP contribution < -0.4 is 5.32 Å². The minimum absolute atomic E-state index is 0.489. The predicted octanol–water partition coefficient (Wildman–Crippen LogP) is 3.95. The van der Waals surface area contributed by atoms with E-state index in [0.29, 0.717) is 6.04 Å². The summed E-state index contributed by atoms with van der Waals surface area (Å²) < 4.78 is 0. The Morgan fingerprint density at radius 2 is 1.76 bits per heavy atom. The second-order valence-electron chi connectivity index (χ2n) is 4.71. The van der Waals surface area contributed by atoms with E-state index in [4.69, 9.17) is 0 Å². The van der Waals surface area contributed by atoms with Gasteiger partial charge in [0.1, 0.15) is 0 Å². The van der Waals surface area contributed by atoms with Crippen LogP contribution in [0.25, 0.3) is 0 Å². The van der Waals surface area contributed by atoms with Gasteiger partial charge in [0, 0.05) is 18.4 Å². The van der Waals surface area contributed by atoms with Crippen LogP contribution in [0, 0.1) is 5.92 Å². The van der Waals surface area contributed by atoms with Crippen molar-refractivity contribution in [3.05, 3.63) is 30.1 Å². The van der Waals surface area contributed by atoms with Gasteiger partial charge in [0.2, 0.25) is 0 Å². The number of pyridine rings is 1. The lowest BCUT2D eigenvalue weighted by molar-refractivity contribution is 0.371. The highest BCUT2D eigenvalue weighted by Gasteiger charge is 2.15. The molecule has 1 atom stereocenters. The Kier molecular flexibility index (Phi) is 6.87. The first-order valence-electron chi connectivity index (χ1n) is 6.95. The van der Waals surface area contributed by atoms with E-state index in [0.717, 1.165) is 12.5 Å². The highest BCUT2D eigenvalue weighted by Crippen LogP contribution is 2.24. The molecule has 0 aliphatic carbocycles. The number of nitrogens with one attached hydrogen (secondary N) is 1. The molecule has 1 N–H and O–H groups in total. The molecule has 0 amide bonds. The molecule has 0 bridgehead atoms. The summed E-state index contributed by atoms with van der Waals surface area (Å²) in [5, 5.41) is 3.66. The zero-order valence-electron chi connectivity index (χ0n) is 11.4. The molecule has 2 nitrogen and oxygen atoms in total. The van der Waals surface area contributed by atoms with Crippen LogP contribution in [0.1, 0.15) is 58.1 Å². The van der Waals surface area contributed by atoms with Gasteiger partial charge in [0.05, 0.1) is 0 Å². The van der Waals surface area contributed by atoms with Gasteiger partial charge in [-0.15, -0.1) is 0 Å². The average Bonchev–Trinajstić information content (AvgIpc) is 2.40. The first kappa shape index (κ1) is 14.2. The fourth-order valence-electron chi connectivity index (χ4n) is 2.21. The molecule has 1 heterocycles. The Labute approximate surface area is 106 Å². The minimum atomic E-state index is 0.489. The molecule has 17 heavy (non-hydrogen) atoms. The molecule has 0 fully saturated rings. The van der Waals surface area contributed by atoms with Gasteiger partial charge in [0.15, 0.2) is 0 Å². The molecule has 0 saturated heterocycles. The smallest absolute Gasteiger partial charge is 0.0323 e. The zero-order valence-corrected chi connectivity index (χ0v) is 11.4. The lowest BCUT2D eigenvalue weighted by Crippen LogP contribution is -2.24. The van der Waals surface area contributed by atoms with E-state index in [1.165, 1.54) is 31.2 Å². The van der Waals surface area contributed by atoms with Gasteiger partial charge >= 0.3 is 0 Å². The quantitative estimate of drug-likeness (QED) is 0.736. The van der Waals surface area contributed by atoms with Gasteiger partial charge in [-0.05, 0) is 43.0 Å². The SMILES string of the molecule is CCCNC(CC(CC)CC)c1ccncc1. The molecule has 0 spiro atoms. The van der Waals surface area contributed by atoms with Gasteiger partial charge in [-0.3, -0.25) is 4.98 Å². The summed E-state index contributed by atoms with van der Waals surface area (Å²) in [5.74, 6) is 0.817. The second kappa shape index (κ2) is 8.24. The number of rotatable bonds is 8. The monoisotopic (exact) mass is 234 g/mol. The zero-order chi connectivity index (χ0) is 12.5. The van der Waals surface area contributed by atoms with Crippen molar-refractivity contribution >= 4 is 0 Å². The maximum Gasteiger partial charge on any atom is 0.0323 e. The van der Waals surface area contributed by atoms with Gasteiger partial charge < -0.3 is 5.32 Å². The molecular formula is C15H26N2. The fourth-order valence-corrected chi connectivity index (χ4v) is 2.21. The van der Waals surface area contributed by atoms with E-state index >= 15 is 0 Å². The molecule has 0 aliphatic rings. The van der Waals surface area contributed by atoms with Crippen LogP contribution in [0.15, 0.2) is 24.5 Å². The molecule has 1 rings (SSSR count). The molecule has 0 saturated carbocycles. The van der Waals surface area contributed by atoms with Crippen LogP contribution in [0.2, 0.25) is 0 Å². The van der Waals surface area contributed by atoms with Crippen LogP contribution in [0.3, 0.4) is 0 Å². The van der Waals surface area contributed by atoms with E-state index in [2.05, 4.69) is 43.2 Å². The van der Waals surface area contributed by atoms with Crippen molar-refractivity contribution in [1.29, 1.82) is 0 Å². The first-order valence-corrected chi connectivity index (χ1v) is 6.95. The molecular weight excluding hydrogens is 208 g/mol. The molecule has 0 aromatic carbocycles. The van der Waals surface area contributed by atoms with Gasteiger partial charge in [-0.2, -0.15) is 0 Å². The fraction of sp³-hybridized carbons (Fsp3) is 0.667. The minimum Gasteiger partial charge on any atom is -0.310 e. The summed E-state index contributed by atoms with van der Waals surface area (Å²) in [5.41, 5.74) is 1.38. The highest BCUT2D eigenvalue weighted by molar-refractivity contribution is 5.15. The third-order valence-electron chi connectivity index (χ3n) is 3.47. The molecule has 0 aliphatic heterocycles. The van der Waals surface area contributed by atoms with Crippen LogP contribution >= 0.6 is 0 Å². The average molecular weight is 234 g/mol. The molecule has 1 aromatic rings. The van der Waals surface area contributed by atoms with Crippen LogP contribution in [0.5, 0.6) is 0 Å². The number of aromatic nitrogens is 1. The molecule has 0 radical (unpaired) electrons. The van der Waals surface area contributed by atoms with Crippen molar-refractivity contribution in [1.82, 2.24) is 10.3 Å². The van der Waals surface area contributed by atoms with Crippen molar-refractivity contribution < 1.29 is 0 Å². The lowest BCUT2D eigenvalue weighted by Gasteiger charge is -2.23. The summed E-state index contributed by atoms with van der Waals surface area (Å²) in [7, 11) is 0. The summed E-state index contributed by atoms with van der Waals surface area (Å²) in [6.45, 7) is 7.88. The van der Waals surface area contributed by atoms with E-state index in [1.54, 1.807) is 0 Å². The third kappa shape index (κ3) is 4.86. The van der Waals surface area contributed by atoms with Crippen molar-refractivity contribution in [2.75, 3.05) is 6.54 Å². The summed E-state index contributed by atoms with van der Waals surface area (Å²) in [6.07, 6.45) is 8.74. The van der Waals surface area contributed by atoms with Crippen molar-refractivity contribution in [3.8, 4) is 0 Å². The standard InChI is InChI=1S/C15H26N2/c1-4-9-17-15(12-13(5-2)6-3)14-7-10-16-11-8-14/h7-8,10-11,13,15,17H,4-6,9,12H2,1-3H3. The summed E-state index contributed by atoms with van der Waals surface area (Å²) in [6, 6.07) is 4.76. The Morgan fingerprint density at radius 3 is 2.29 bits per heavy atom. The van der Waals surface area contributed by atoms with Gasteiger partial charge in [-0.25, -0.2) is 0 Å². The Bertz CT molecular complexity index is 280. The van der Waals surface area contributed by atoms with Crippen molar-refractivity contribution in [2.45, 2.75) is 52.5 Å². The normalized spacial score (nSPS) is 12.9. The number of hydrogen-bond acceptors (Lipinski definition) is 2. The van der Waals surface area contributed by atoms with E-state index in [-0.39, 0.29) is 0 Å². The third-order valence-corrected chi connectivity index (χ3v) is 3.47. The topological polar surface area (TPSA) is 24.9 Å². The van der Waals surface area contributed by atoms with Gasteiger partial charge in [-0.1, -0.05) is 33.6 Å². The first-order chi connectivity index (χ1) is 8.31. The number of hydrogen-bond donors (Lipinski definition) is 1. The van der Waals surface area contributed by atoms with Crippen LogP contribution in [-0.2, 0) is 0 Å². The molecule has 2 heteroatoms. The molecule has 1 unspecified atom stereocenters. The summed E-state index contributed by atoms with van der Waals surface area (Å²) >= 11 is 0. The molecule has 1 aromatic heterocycles.